The van der Waals surface area contributed by atoms with Gasteiger partial charge in [-0.25, -0.2) is 0 Å². The summed E-state index contributed by atoms with van der Waals surface area (Å²) in [5, 5.41) is 7.56. The van der Waals surface area contributed by atoms with Gasteiger partial charge in [0.25, 0.3) is 0 Å². The Labute approximate surface area is 382 Å². The molecule has 304 valence electrons. The standard InChI is InChI=1S/C63H41NS/c1-3-15-50(16-4-1)63(51-17-5-2-6-18-51)59-21-11-9-19-55(59)56-35-33-54(41-60(56)63)64(53-34-36-62-58(40-53)57-20-10-12-22-61(57)65-62)52-31-29-43(30-32-52)45-25-26-48-39-49(28-27-47(48)38-45)46-24-23-42-13-7-8-14-44(42)37-46/h1-41H. The Balaban J connectivity index is 0.945. The first-order valence-electron chi connectivity index (χ1n) is 22.4. The van der Waals surface area contributed by atoms with Gasteiger partial charge in [-0.3, -0.25) is 0 Å². The Morgan fingerprint density at radius 2 is 0.785 bits per heavy atom. The van der Waals surface area contributed by atoms with E-state index in [1.165, 1.54) is 97.4 Å². The van der Waals surface area contributed by atoms with Crippen LogP contribution in [0.1, 0.15) is 22.3 Å². The molecule has 1 aliphatic carbocycles. The molecule has 0 unspecified atom stereocenters. The van der Waals surface area contributed by atoms with E-state index in [2.05, 4.69) is 254 Å². The molecule has 0 saturated heterocycles. The van der Waals surface area contributed by atoms with Gasteiger partial charge in [0, 0.05) is 37.2 Å². The van der Waals surface area contributed by atoms with Crippen molar-refractivity contribution in [3.63, 3.8) is 0 Å². The summed E-state index contributed by atoms with van der Waals surface area (Å²) < 4.78 is 2.60. The van der Waals surface area contributed by atoms with Crippen molar-refractivity contribution in [2.24, 2.45) is 0 Å². The predicted molar refractivity (Wildman–Crippen MR) is 277 cm³/mol. The van der Waals surface area contributed by atoms with Gasteiger partial charge < -0.3 is 4.90 Å². The molecule has 11 aromatic carbocycles. The van der Waals surface area contributed by atoms with Crippen LogP contribution in [0.4, 0.5) is 17.1 Å². The van der Waals surface area contributed by atoms with E-state index in [0.717, 1.165) is 17.1 Å². The fraction of sp³-hybridized carbons (Fsp3) is 0.0159. The second-order valence-electron chi connectivity index (χ2n) is 17.3. The molecule has 0 N–H and O–H groups in total. The molecule has 1 aliphatic rings. The van der Waals surface area contributed by atoms with Crippen LogP contribution in [0.25, 0.3) is 75.1 Å². The number of hydrogen-bond donors (Lipinski definition) is 0. The fourth-order valence-electron chi connectivity index (χ4n) is 10.6. The zero-order valence-corrected chi connectivity index (χ0v) is 36.3. The fourth-order valence-corrected chi connectivity index (χ4v) is 11.7. The van der Waals surface area contributed by atoms with Gasteiger partial charge in [-0.2, -0.15) is 0 Å². The van der Waals surface area contributed by atoms with Crippen molar-refractivity contribution < 1.29 is 0 Å². The number of thiophene rings is 1. The van der Waals surface area contributed by atoms with E-state index >= 15 is 0 Å². The average molecular weight is 844 g/mol. The molecule has 1 nitrogen and oxygen atoms in total. The molecule has 12 aromatic rings. The number of nitrogens with zero attached hydrogens (tertiary/aromatic N) is 1. The zero-order valence-electron chi connectivity index (χ0n) is 35.5. The lowest BCUT2D eigenvalue weighted by Gasteiger charge is -2.35. The minimum Gasteiger partial charge on any atom is -0.310 e. The lowest BCUT2D eigenvalue weighted by Crippen LogP contribution is -2.28. The van der Waals surface area contributed by atoms with Crippen LogP contribution in [-0.2, 0) is 5.41 Å². The van der Waals surface area contributed by atoms with Gasteiger partial charge in [0.05, 0.1) is 5.41 Å². The van der Waals surface area contributed by atoms with Crippen molar-refractivity contribution in [2.45, 2.75) is 5.41 Å². The third kappa shape index (κ3) is 6.06. The Bertz CT molecular complexity index is 3730. The minimum atomic E-state index is -0.500. The molecule has 65 heavy (non-hydrogen) atoms. The molecule has 0 fully saturated rings. The van der Waals surface area contributed by atoms with Crippen molar-refractivity contribution in [1.82, 2.24) is 0 Å². The molecule has 0 atom stereocenters. The van der Waals surface area contributed by atoms with Gasteiger partial charge in [0.1, 0.15) is 0 Å². The summed E-state index contributed by atoms with van der Waals surface area (Å²) in [5.41, 5.74) is 15.4. The number of anilines is 3. The van der Waals surface area contributed by atoms with Crippen molar-refractivity contribution >= 4 is 70.1 Å². The van der Waals surface area contributed by atoms with Crippen molar-refractivity contribution in [2.75, 3.05) is 4.90 Å². The maximum Gasteiger partial charge on any atom is 0.0714 e. The van der Waals surface area contributed by atoms with Crippen LogP contribution in [0.3, 0.4) is 0 Å². The monoisotopic (exact) mass is 843 g/mol. The van der Waals surface area contributed by atoms with Crippen LogP contribution in [-0.4, -0.2) is 0 Å². The molecule has 0 spiro atoms. The van der Waals surface area contributed by atoms with Crippen LogP contribution in [0.15, 0.2) is 249 Å². The first-order chi connectivity index (χ1) is 32.2. The van der Waals surface area contributed by atoms with Gasteiger partial charge in [-0.15, -0.1) is 11.3 Å². The molecule has 13 rings (SSSR count). The molecule has 0 saturated carbocycles. The van der Waals surface area contributed by atoms with Gasteiger partial charge in [-0.1, -0.05) is 182 Å². The Morgan fingerprint density at radius 3 is 1.51 bits per heavy atom. The van der Waals surface area contributed by atoms with Crippen LogP contribution in [0.5, 0.6) is 0 Å². The van der Waals surface area contributed by atoms with Gasteiger partial charge in [-0.05, 0) is 144 Å². The Kier molecular flexibility index (Phi) is 8.69. The van der Waals surface area contributed by atoms with Crippen molar-refractivity contribution in [3.8, 4) is 33.4 Å². The molecule has 0 bridgehead atoms. The van der Waals surface area contributed by atoms with Crippen LogP contribution in [0, 0.1) is 0 Å². The molecule has 0 amide bonds. The third-order valence-corrected chi connectivity index (χ3v) is 14.9. The number of benzene rings is 11. The topological polar surface area (TPSA) is 3.24 Å². The summed E-state index contributed by atoms with van der Waals surface area (Å²) in [6.45, 7) is 0. The maximum absolute atomic E-state index is 2.47. The molecule has 2 heteroatoms. The summed E-state index contributed by atoms with van der Waals surface area (Å²) in [6.07, 6.45) is 0. The summed E-state index contributed by atoms with van der Waals surface area (Å²) in [5.74, 6) is 0. The highest BCUT2D eigenvalue weighted by Crippen LogP contribution is 2.57. The van der Waals surface area contributed by atoms with E-state index in [9.17, 15) is 0 Å². The van der Waals surface area contributed by atoms with Gasteiger partial charge in [0.2, 0.25) is 0 Å². The SMILES string of the molecule is c1ccc(C2(c3ccccc3)c3ccccc3-c3ccc(N(c4ccc(-c5ccc6cc(-c7ccc8ccccc8c7)ccc6c5)cc4)c4ccc5sc6ccccc6c5c4)cc32)cc1. The Hall–Kier alpha value is -8.04. The molecular weight excluding hydrogens is 803 g/mol. The van der Waals surface area contributed by atoms with E-state index in [-0.39, 0.29) is 0 Å². The van der Waals surface area contributed by atoms with Gasteiger partial charge >= 0.3 is 0 Å². The first kappa shape index (κ1) is 37.5. The van der Waals surface area contributed by atoms with Gasteiger partial charge in [0.15, 0.2) is 0 Å². The van der Waals surface area contributed by atoms with Crippen LogP contribution < -0.4 is 4.90 Å². The summed E-state index contributed by atoms with van der Waals surface area (Å²) in [6, 6.07) is 92.2. The van der Waals surface area contributed by atoms with Crippen molar-refractivity contribution in [1.29, 1.82) is 0 Å². The summed E-state index contributed by atoms with van der Waals surface area (Å²) in [7, 11) is 0. The average Bonchev–Trinajstić information content (AvgIpc) is 3.90. The van der Waals surface area contributed by atoms with E-state index in [1.54, 1.807) is 0 Å². The van der Waals surface area contributed by atoms with Crippen LogP contribution >= 0.6 is 11.3 Å². The Morgan fingerprint density at radius 1 is 0.292 bits per heavy atom. The predicted octanol–water partition coefficient (Wildman–Crippen LogP) is 17.5. The smallest absolute Gasteiger partial charge is 0.0714 e. The number of hydrogen-bond acceptors (Lipinski definition) is 2. The van der Waals surface area contributed by atoms with E-state index in [0.29, 0.717) is 0 Å². The van der Waals surface area contributed by atoms with Crippen LogP contribution in [0.2, 0.25) is 0 Å². The second kappa shape index (κ2) is 15.1. The summed E-state index contributed by atoms with van der Waals surface area (Å²) >= 11 is 1.86. The lowest BCUT2D eigenvalue weighted by molar-refractivity contribution is 0.768. The van der Waals surface area contributed by atoms with E-state index in [4.69, 9.17) is 0 Å². The normalized spacial score (nSPS) is 12.7. The quantitative estimate of drug-likeness (QED) is 0.154. The molecule has 0 aliphatic heterocycles. The first-order valence-corrected chi connectivity index (χ1v) is 23.2. The number of rotatable bonds is 7. The highest BCUT2D eigenvalue weighted by Gasteiger charge is 2.46. The maximum atomic E-state index is 2.47. The minimum absolute atomic E-state index is 0.500. The lowest BCUT2D eigenvalue weighted by atomic mass is 9.67. The van der Waals surface area contributed by atoms with E-state index in [1.807, 2.05) is 11.3 Å². The molecule has 1 heterocycles. The summed E-state index contributed by atoms with van der Waals surface area (Å²) in [4.78, 5) is 2.45. The third-order valence-electron chi connectivity index (χ3n) is 13.7. The highest BCUT2D eigenvalue weighted by molar-refractivity contribution is 7.25. The molecule has 0 radical (unpaired) electrons. The zero-order chi connectivity index (χ0) is 42.9. The molecule has 1 aromatic heterocycles. The largest absolute Gasteiger partial charge is 0.310 e. The highest BCUT2D eigenvalue weighted by atomic mass is 32.1. The van der Waals surface area contributed by atoms with E-state index < -0.39 is 5.41 Å². The second-order valence-corrected chi connectivity index (χ2v) is 18.3. The van der Waals surface area contributed by atoms with Crippen molar-refractivity contribution in [3.05, 3.63) is 271 Å². The molecular formula is C63H41NS. The number of fused-ring (bicyclic) bond motifs is 8.